The van der Waals surface area contributed by atoms with E-state index in [1.807, 2.05) is 27.7 Å². The first kappa shape index (κ1) is 15.6. The van der Waals surface area contributed by atoms with Gasteiger partial charge in [-0.25, -0.2) is 13.1 Å². The maximum atomic E-state index is 12.4. The van der Waals surface area contributed by atoms with Gasteiger partial charge >= 0.3 is 0 Å². The van der Waals surface area contributed by atoms with E-state index >= 15 is 0 Å². The van der Waals surface area contributed by atoms with E-state index in [0.717, 1.165) is 12.1 Å². The lowest BCUT2D eigenvalue weighted by atomic mass is 10.4. The van der Waals surface area contributed by atoms with Gasteiger partial charge in [0.05, 0.1) is 11.9 Å². The fourth-order valence-corrected chi connectivity index (χ4v) is 2.94. The van der Waals surface area contributed by atoms with Crippen LogP contribution in [0.1, 0.15) is 38.9 Å². The van der Waals surface area contributed by atoms with Crippen LogP contribution in [0, 0.1) is 6.92 Å². The number of aromatic nitrogens is 4. The Bertz CT molecular complexity index is 715. The van der Waals surface area contributed by atoms with Crippen LogP contribution in [0.2, 0.25) is 0 Å². The van der Waals surface area contributed by atoms with Crippen LogP contribution >= 0.6 is 0 Å². The van der Waals surface area contributed by atoms with Crippen molar-refractivity contribution < 1.29 is 8.42 Å². The molecule has 2 heterocycles. The molecule has 7 nitrogen and oxygen atoms in total. The first-order valence-electron chi connectivity index (χ1n) is 6.95. The molecule has 2 aromatic rings. The van der Waals surface area contributed by atoms with Gasteiger partial charge in [0, 0.05) is 24.8 Å². The van der Waals surface area contributed by atoms with E-state index in [1.165, 1.54) is 12.4 Å². The maximum Gasteiger partial charge on any atom is 0.266 e. The first-order valence-corrected chi connectivity index (χ1v) is 8.43. The van der Waals surface area contributed by atoms with Crippen LogP contribution < -0.4 is 4.72 Å². The Labute approximate surface area is 125 Å². The minimum Gasteiger partial charge on any atom is -0.269 e. The molecule has 0 aliphatic carbocycles. The molecule has 21 heavy (non-hydrogen) atoms. The number of nitrogens with one attached hydrogen (secondary N) is 1. The summed E-state index contributed by atoms with van der Waals surface area (Å²) in [6.45, 7) is 8.40. The third-order valence-corrected chi connectivity index (χ3v) is 4.30. The van der Waals surface area contributed by atoms with Crippen molar-refractivity contribution >= 4 is 15.8 Å². The summed E-state index contributed by atoms with van der Waals surface area (Å²) in [5.41, 5.74) is 0.777. The minimum atomic E-state index is -3.65. The third kappa shape index (κ3) is 3.44. The largest absolute Gasteiger partial charge is 0.269 e. The molecule has 1 N–H and O–H groups in total. The number of hydrogen-bond acceptors (Lipinski definition) is 4. The van der Waals surface area contributed by atoms with Crippen LogP contribution in [0.5, 0.6) is 0 Å². The van der Waals surface area contributed by atoms with Crippen LogP contribution in [-0.4, -0.2) is 28.0 Å². The lowest BCUT2D eigenvalue weighted by molar-refractivity contribution is 0.531. The molecule has 0 amide bonds. The average Bonchev–Trinajstić information content (AvgIpc) is 2.97. The predicted molar refractivity (Wildman–Crippen MR) is 80.7 cm³/mol. The number of nitrogens with zero attached hydrogens (tertiary/aromatic N) is 4. The molecule has 0 radical (unpaired) electrons. The first-order chi connectivity index (χ1) is 9.83. The van der Waals surface area contributed by atoms with E-state index in [1.54, 1.807) is 15.4 Å². The molecule has 0 unspecified atom stereocenters. The normalized spacial score (nSPS) is 12.0. The Morgan fingerprint density at radius 1 is 1.38 bits per heavy atom. The van der Waals surface area contributed by atoms with Crippen LogP contribution in [0.4, 0.5) is 5.82 Å². The van der Waals surface area contributed by atoms with Crippen LogP contribution in [0.25, 0.3) is 0 Å². The highest BCUT2D eigenvalue weighted by molar-refractivity contribution is 7.92. The van der Waals surface area contributed by atoms with Gasteiger partial charge < -0.3 is 0 Å². The summed E-state index contributed by atoms with van der Waals surface area (Å²) in [6.07, 6.45) is 3.76. The molecule has 8 heteroatoms. The molecule has 0 atom stereocenters. The zero-order valence-corrected chi connectivity index (χ0v) is 13.6. The van der Waals surface area contributed by atoms with Crippen LogP contribution in [-0.2, 0) is 16.6 Å². The van der Waals surface area contributed by atoms with Crippen molar-refractivity contribution in [3.05, 3.63) is 24.2 Å². The van der Waals surface area contributed by atoms with Crippen LogP contribution in [0.15, 0.2) is 23.4 Å². The van der Waals surface area contributed by atoms with Gasteiger partial charge in [-0.2, -0.15) is 10.2 Å². The highest BCUT2D eigenvalue weighted by Gasteiger charge is 2.19. The van der Waals surface area contributed by atoms with Crippen molar-refractivity contribution in [3.63, 3.8) is 0 Å². The van der Waals surface area contributed by atoms with Crippen molar-refractivity contribution in [1.29, 1.82) is 0 Å². The summed E-state index contributed by atoms with van der Waals surface area (Å²) in [5, 5.41) is 8.34. The topological polar surface area (TPSA) is 81.8 Å². The highest BCUT2D eigenvalue weighted by atomic mass is 32.2. The van der Waals surface area contributed by atoms with E-state index in [2.05, 4.69) is 14.9 Å². The average molecular weight is 311 g/mol. The smallest absolute Gasteiger partial charge is 0.266 e. The van der Waals surface area contributed by atoms with Gasteiger partial charge in [-0.3, -0.25) is 9.40 Å². The second-order valence-corrected chi connectivity index (χ2v) is 6.93. The molecular weight excluding hydrogens is 290 g/mol. The molecule has 0 aliphatic rings. The second-order valence-electron chi connectivity index (χ2n) is 5.25. The molecule has 0 saturated carbocycles. The fourth-order valence-electron chi connectivity index (χ4n) is 1.95. The molecule has 0 aromatic carbocycles. The Hall–Kier alpha value is -1.83. The van der Waals surface area contributed by atoms with Crippen molar-refractivity contribution in [1.82, 2.24) is 19.6 Å². The lowest BCUT2D eigenvalue weighted by Gasteiger charge is -2.08. The molecule has 2 aromatic heterocycles. The monoisotopic (exact) mass is 311 g/mol. The second kappa shape index (κ2) is 5.88. The predicted octanol–water partition coefficient (Wildman–Crippen LogP) is 2.18. The minimum absolute atomic E-state index is 0.113. The summed E-state index contributed by atoms with van der Waals surface area (Å²) in [7, 11) is -3.65. The number of rotatable bonds is 6. The molecule has 0 spiro atoms. The molecule has 0 bridgehead atoms. The Kier molecular flexibility index (Phi) is 4.36. The van der Waals surface area contributed by atoms with E-state index in [4.69, 9.17) is 0 Å². The molecule has 0 fully saturated rings. The summed E-state index contributed by atoms with van der Waals surface area (Å²) >= 11 is 0. The highest BCUT2D eigenvalue weighted by Crippen LogP contribution is 2.18. The molecule has 0 saturated heterocycles. The zero-order valence-electron chi connectivity index (χ0n) is 12.7. The SMILES string of the molecule is CCCn1nc(C)cc1NS(=O)(=O)c1cnn(C(C)C)c1. The van der Waals surface area contributed by atoms with Gasteiger partial charge in [0.2, 0.25) is 0 Å². The molecule has 2 rings (SSSR count). The van der Waals surface area contributed by atoms with E-state index in [9.17, 15) is 8.42 Å². The fraction of sp³-hybridized carbons (Fsp3) is 0.538. The number of hydrogen-bond donors (Lipinski definition) is 1. The van der Waals surface area contributed by atoms with Gasteiger partial charge in [-0.1, -0.05) is 6.92 Å². The number of anilines is 1. The number of sulfonamides is 1. The lowest BCUT2D eigenvalue weighted by Crippen LogP contribution is -2.16. The summed E-state index contributed by atoms with van der Waals surface area (Å²) < 4.78 is 30.7. The van der Waals surface area contributed by atoms with E-state index < -0.39 is 10.0 Å². The molecule has 0 aliphatic heterocycles. The third-order valence-electron chi connectivity index (χ3n) is 2.99. The van der Waals surface area contributed by atoms with Crippen molar-refractivity contribution in [2.75, 3.05) is 4.72 Å². The Morgan fingerprint density at radius 3 is 2.67 bits per heavy atom. The molecular formula is C13H21N5O2S. The van der Waals surface area contributed by atoms with Gasteiger partial charge in [0.25, 0.3) is 10.0 Å². The standard InChI is InChI=1S/C13H21N5O2S/c1-5-6-17-13(7-11(4)15-17)16-21(19,20)12-8-14-18(9-12)10(2)3/h7-10,16H,5-6H2,1-4H3. The van der Waals surface area contributed by atoms with Gasteiger partial charge in [0.15, 0.2) is 0 Å². The summed E-state index contributed by atoms with van der Waals surface area (Å²) in [6, 6.07) is 1.84. The van der Waals surface area contributed by atoms with E-state index in [0.29, 0.717) is 12.4 Å². The van der Waals surface area contributed by atoms with Crippen molar-refractivity contribution in [3.8, 4) is 0 Å². The molecule has 116 valence electrons. The zero-order chi connectivity index (χ0) is 15.6. The van der Waals surface area contributed by atoms with E-state index in [-0.39, 0.29) is 10.9 Å². The Morgan fingerprint density at radius 2 is 2.10 bits per heavy atom. The van der Waals surface area contributed by atoms with Gasteiger partial charge in [0.1, 0.15) is 10.7 Å². The number of aryl methyl sites for hydroxylation is 2. The maximum absolute atomic E-state index is 12.4. The summed E-state index contributed by atoms with van der Waals surface area (Å²) in [4.78, 5) is 0.151. The van der Waals surface area contributed by atoms with Gasteiger partial charge in [-0.15, -0.1) is 0 Å². The quantitative estimate of drug-likeness (QED) is 0.886. The Balaban J connectivity index is 2.28. The van der Waals surface area contributed by atoms with Crippen LogP contribution in [0.3, 0.4) is 0 Å². The van der Waals surface area contributed by atoms with Gasteiger partial charge in [-0.05, 0) is 27.2 Å². The van der Waals surface area contributed by atoms with Crippen molar-refractivity contribution in [2.45, 2.75) is 51.6 Å². The van der Waals surface area contributed by atoms with Crippen molar-refractivity contribution in [2.24, 2.45) is 0 Å². The summed E-state index contributed by atoms with van der Waals surface area (Å²) in [5.74, 6) is 0.478.